The van der Waals surface area contributed by atoms with Gasteiger partial charge in [-0.05, 0) is 68.4 Å². The summed E-state index contributed by atoms with van der Waals surface area (Å²) in [5.74, 6) is -0.294. The predicted octanol–water partition coefficient (Wildman–Crippen LogP) is 3.40. The number of aliphatic hydroxyl groups excluding tert-OH is 1. The summed E-state index contributed by atoms with van der Waals surface area (Å²) in [4.78, 5) is 31.1. The quantitative estimate of drug-likeness (QED) is 0.489. The highest BCUT2D eigenvalue weighted by molar-refractivity contribution is 5.95. The lowest BCUT2D eigenvalue weighted by atomic mass is 9.70. The SMILES string of the molecule is NC(=O)OCC1(c2ccccn2)CCC(N(C(=O)c2ccc([C@@](O)(CO)C(F)(F)F)cc2)C2CC2)CC1. The zero-order valence-corrected chi connectivity index (χ0v) is 20.2. The Morgan fingerprint density at radius 3 is 2.16 bits per heavy atom. The molecule has 0 aliphatic heterocycles. The summed E-state index contributed by atoms with van der Waals surface area (Å²) in [6.07, 6.45) is -0.131. The molecule has 11 heteroatoms. The molecule has 0 radical (unpaired) electrons. The van der Waals surface area contributed by atoms with E-state index in [0.29, 0.717) is 25.7 Å². The molecule has 2 aromatic rings. The normalized spacial score (nSPS) is 23.6. The summed E-state index contributed by atoms with van der Waals surface area (Å²) in [5, 5.41) is 19.2. The summed E-state index contributed by atoms with van der Waals surface area (Å²) < 4.78 is 45.1. The Bertz CT molecular complexity index is 1100. The van der Waals surface area contributed by atoms with Crippen molar-refractivity contribution in [1.29, 1.82) is 0 Å². The van der Waals surface area contributed by atoms with Crippen LogP contribution in [-0.2, 0) is 15.8 Å². The molecule has 0 bridgehead atoms. The van der Waals surface area contributed by atoms with Crippen LogP contribution >= 0.6 is 0 Å². The van der Waals surface area contributed by atoms with Crippen molar-refractivity contribution in [3.63, 3.8) is 0 Å². The van der Waals surface area contributed by atoms with E-state index >= 15 is 0 Å². The Labute approximate surface area is 212 Å². The molecule has 1 atom stereocenters. The molecule has 2 aliphatic rings. The molecule has 2 aliphatic carbocycles. The maximum atomic E-state index is 13.5. The van der Waals surface area contributed by atoms with Crippen LogP contribution in [0.25, 0.3) is 0 Å². The van der Waals surface area contributed by atoms with Crippen molar-refractivity contribution in [3.05, 3.63) is 65.5 Å². The van der Waals surface area contributed by atoms with E-state index in [2.05, 4.69) is 4.98 Å². The van der Waals surface area contributed by atoms with E-state index in [1.165, 1.54) is 12.1 Å². The van der Waals surface area contributed by atoms with E-state index in [9.17, 15) is 33.0 Å². The second kappa shape index (κ2) is 10.3. The lowest BCUT2D eigenvalue weighted by Gasteiger charge is -2.43. The maximum absolute atomic E-state index is 13.5. The van der Waals surface area contributed by atoms with Gasteiger partial charge in [0.25, 0.3) is 5.91 Å². The van der Waals surface area contributed by atoms with Crippen molar-refractivity contribution >= 4 is 12.0 Å². The van der Waals surface area contributed by atoms with Crippen LogP contribution in [-0.4, -0.2) is 63.6 Å². The van der Waals surface area contributed by atoms with Crippen molar-refractivity contribution in [3.8, 4) is 0 Å². The molecule has 0 spiro atoms. The fourth-order valence-electron chi connectivity index (χ4n) is 5.16. The molecule has 0 unspecified atom stereocenters. The van der Waals surface area contributed by atoms with E-state index in [0.717, 1.165) is 30.7 Å². The minimum atomic E-state index is -5.08. The summed E-state index contributed by atoms with van der Waals surface area (Å²) in [6, 6.07) is 10.0. The molecular formula is C26H30F3N3O5. The first kappa shape index (κ1) is 26.9. The van der Waals surface area contributed by atoms with Gasteiger partial charge >= 0.3 is 12.3 Å². The van der Waals surface area contributed by atoms with E-state index in [-0.39, 0.29) is 30.2 Å². The molecule has 8 nitrogen and oxygen atoms in total. The third-order valence-electron chi connectivity index (χ3n) is 7.49. The van der Waals surface area contributed by atoms with Gasteiger partial charge in [0.05, 0.1) is 6.61 Å². The van der Waals surface area contributed by atoms with Crippen LogP contribution in [0.15, 0.2) is 48.7 Å². The first-order chi connectivity index (χ1) is 17.5. The number of carbonyl (C=O) groups excluding carboxylic acids is 2. The smallest absolute Gasteiger partial charge is 0.423 e. The van der Waals surface area contributed by atoms with Gasteiger partial charge in [-0.3, -0.25) is 9.78 Å². The van der Waals surface area contributed by atoms with Crippen LogP contribution in [0.4, 0.5) is 18.0 Å². The fourth-order valence-corrected chi connectivity index (χ4v) is 5.16. The van der Waals surface area contributed by atoms with Gasteiger partial charge in [0.1, 0.15) is 6.61 Å². The lowest BCUT2D eigenvalue weighted by molar-refractivity contribution is -0.277. The number of ether oxygens (including phenoxy) is 1. The standard InChI is InChI=1S/C26H30F3N3O5/c27-26(28,29)25(36,15-33)18-6-4-17(5-7-18)22(34)32(19-8-9-19)20-10-12-24(13-11-20,16-37-23(30)35)21-3-1-2-14-31-21/h1-7,14,19-20,33,36H,8-13,15-16H2,(H2,30,35)/t20?,24?,25-/m0/s1. The van der Waals surface area contributed by atoms with Crippen LogP contribution in [0.5, 0.6) is 0 Å². The summed E-state index contributed by atoms with van der Waals surface area (Å²) in [6.45, 7) is -1.45. The number of hydrogen-bond acceptors (Lipinski definition) is 6. The molecule has 2 saturated carbocycles. The van der Waals surface area contributed by atoms with Crippen LogP contribution in [0.3, 0.4) is 0 Å². The minimum absolute atomic E-state index is 0.0472. The Balaban J connectivity index is 1.52. The monoisotopic (exact) mass is 521 g/mol. The molecule has 1 aromatic heterocycles. The molecule has 0 saturated heterocycles. The molecule has 1 heterocycles. The summed E-state index contributed by atoms with van der Waals surface area (Å²) in [7, 11) is 0. The Morgan fingerprint density at radius 1 is 1.05 bits per heavy atom. The van der Waals surface area contributed by atoms with Crippen LogP contribution in [0.2, 0.25) is 0 Å². The first-order valence-electron chi connectivity index (χ1n) is 12.2. The molecule has 37 heavy (non-hydrogen) atoms. The minimum Gasteiger partial charge on any atom is -0.449 e. The summed E-state index contributed by atoms with van der Waals surface area (Å²) >= 11 is 0. The molecule has 1 aromatic carbocycles. The summed E-state index contributed by atoms with van der Waals surface area (Å²) in [5.41, 5.74) is 1.74. The van der Waals surface area contributed by atoms with Gasteiger partial charge in [0.15, 0.2) is 0 Å². The third kappa shape index (κ3) is 5.42. The van der Waals surface area contributed by atoms with E-state index in [1.54, 1.807) is 12.3 Å². The van der Waals surface area contributed by atoms with Gasteiger partial charge in [-0.15, -0.1) is 0 Å². The number of nitrogens with two attached hydrogens (primary N) is 1. The third-order valence-corrected chi connectivity index (χ3v) is 7.49. The van der Waals surface area contributed by atoms with Crippen molar-refractivity contribution in [2.24, 2.45) is 5.73 Å². The second-order valence-corrected chi connectivity index (χ2v) is 9.87. The average Bonchev–Trinajstić information content (AvgIpc) is 3.73. The number of aromatic nitrogens is 1. The lowest BCUT2D eigenvalue weighted by Crippen LogP contribution is -2.48. The number of primary amides is 1. The number of benzene rings is 1. The molecule has 2 fully saturated rings. The Morgan fingerprint density at radius 2 is 1.68 bits per heavy atom. The van der Waals surface area contributed by atoms with Gasteiger partial charge in [-0.1, -0.05) is 18.2 Å². The molecule has 4 rings (SSSR count). The number of carbonyl (C=O) groups is 2. The van der Waals surface area contributed by atoms with Crippen LogP contribution < -0.4 is 5.73 Å². The van der Waals surface area contributed by atoms with Crippen LogP contribution in [0, 0.1) is 0 Å². The number of halogens is 3. The van der Waals surface area contributed by atoms with Gasteiger partial charge in [-0.2, -0.15) is 13.2 Å². The zero-order valence-electron chi connectivity index (χ0n) is 20.2. The average molecular weight is 522 g/mol. The predicted molar refractivity (Wildman–Crippen MR) is 126 cm³/mol. The Kier molecular flexibility index (Phi) is 7.48. The topological polar surface area (TPSA) is 126 Å². The number of pyridine rings is 1. The highest BCUT2D eigenvalue weighted by Crippen LogP contribution is 2.43. The number of nitrogens with zero attached hydrogens (tertiary/aromatic N) is 2. The van der Waals surface area contributed by atoms with Gasteiger partial charge < -0.3 is 25.6 Å². The molecule has 4 N–H and O–H groups in total. The highest BCUT2D eigenvalue weighted by Gasteiger charge is 2.54. The van der Waals surface area contributed by atoms with Crippen molar-refractivity contribution in [1.82, 2.24) is 9.88 Å². The van der Waals surface area contributed by atoms with Gasteiger partial charge in [0, 0.05) is 35.0 Å². The number of amides is 2. The number of rotatable bonds is 8. The first-order valence-corrected chi connectivity index (χ1v) is 12.2. The maximum Gasteiger partial charge on any atom is 0.423 e. The largest absolute Gasteiger partial charge is 0.449 e. The van der Waals surface area contributed by atoms with Gasteiger partial charge in [-0.25, -0.2) is 4.79 Å². The highest BCUT2D eigenvalue weighted by atomic mass is 19.4. The molecular weight excluding hydrogens is 491 g/mol. The Hall–Kier alpha value is -3.18. The molecule has 200 valence electrons. The second-order valence-electron chi connectivity index (χ2n) is 9.87. The molecule has 2 amide bonds. The van der Waals surface area contributed by atoms with Crippen molar-refractivity contribution in [2.45, 2.75) is 67.8 Å². The number of hydrogen-bond donors (Lipinski definition) is 3. The number of aliphatic hydroxyl groups is 2. The fraction of sp³-hybridized carbons (Fsp3) is 0.500. The number of alkyl halides is 3. The van der Waals surface area contributed by atoms with Crippen LogP contribution in [0.1, 0.15) is 60.1 Å². The van der Waals surface area contributed by atoms with E-state index in [1.807, 2.05) is 17.0 Å². The van der Waals surface area contributed by atoms with Gasteiger partial charge in [0.2, 0.25) is 5.60 Å². The van der Waals surface area contributed by atoms with E-state index < -0.39 is 35.5 Å². The van der Waals surface area contributed by atoms with E-state index in [4.69, 9.17) is 10.5 Å². The van der Waals surface area contributed by atoms with Crippen molar-refractivity contribution < 1.29 is 37.7 Å². The zero-order chi connectivity index (χ0) is 26.8. The van der Waals surface area contributed by atoms with Crippen molar-refractivity contribution in [2.75, 3.05) is 13.2 Å².